The van der Waals surface area contributed by atoms with Crippen molar-refractivity contribution in [3.8, 4) is 6.07 Å². The summed E-state index contributed by atoms with van der Waals surface area (Å²) in [5.41, 5.74) is 6.09. The largest absolute Gasteiger partial charge is 0.354 e. The fourth-order valence-electron chi connectivity index (χ4n) is 3.69. The maximum absolute atomic E-state index is 9.08. The molecule has 0 unspecified atom stereocenters. The molecule has 0 bridgehead atoms. The van der Waals surface area contributed by atoms with Gasteiger partial charge >= 0.3 is 0 Å². The molecule has 27 heavy (non-hydrogen) atoms. The van der Waals surface area contributed by atoms with Gasteiger partial charge in [0, 0.05) is 50.0 Å². The number of rotatable bonds is 3. The van der Waals surface area contributed by atoms with Gasteiger partial charge in [-0.1, -0.05) is 12.1 Å². The molecule has 0 saturated carbocycles. The molecule has 2 aromatic heterocycles. The van der Waals surface area contributed by atoms with Crippen LogP contribution in [0.15, 0.2) is 30.3 Å². The Hall–Kier alpha value is -2.91. The van der Waals surface area contributed by atoms with Gasteiger partial charge in [0.25, 0.3) is 0 Å². The molecule has 1 saturated heterocycles. The molecule has 1 aliphatic rings. The van der Waals surface area contributed by atoms with Gasteiger partial charge in [-0.25, -0.2) is 4.98 Å². The van der Waals surface area contributed by atoms with Crippen LogP contribution in [0, 0.1) is 32.1 Å². The molecular weight excluding hydrogens is 336 g/mol. The van der Waals surface area contributed by atoms with Crippen molar-refractivity contribution in [3.63, 3.8) is 0 Å². The lowest BCUT2D eigenvalue weighted by Gasteiger charge is -2.36. The second-order valence-corrected chi connectivity index (χ2v) is 7.28. The second-order valence-electron chi connectivity index (χ2n) is 7.28. The smallest absolute Gasteiger partial charge is 0.160 e. The lowest BCUT2D eigenvalue weighted by atomic mass is 10.1. The van der Waals surface area contributed by atoms with E-state index in [0.717, 1.165) is 66.7 Å². The summed E-state index contributed by atoms with van der Waals surface area (Å²) in [6, 6.07) is 12.2. The molecule has 4 rings (SSSR count). The molecule has 0 spiro atoms. The number of hydrogen-bond donors (Lipinski definition) is 0. The number of nitrogens with zero attached hydrogens (tertiary/aromatic N) is 6. The van der Waals surface area contributed by atoms with Crippen molar-refractivity contribution in [1.29, 1.82) is 5.26 Å². The Labute approximate surface area is 159 Å². The molecule has 0 amide bonds. The van der Waals surface area contributed by atoms with Gasteiger partial charge in [-0.05, 0) is 38.5 Å². The van der Waals surface area contributed by atoms with E-state index >= 15 is 0 Å². The van der Waals surface area contributed by atoms with Crippen molar-refractivity contribution in [3.05, 3.63) is 58.4 Å². The van der Waals surface area contributed by atoms with Crippen LogP contribution in [0.4, 0.5) is 5.82 Å². The van der Waals surface area contributed by atoms with Crippen molar-refractivity contribution in [2.45, 2.75) is 27.3 Å². The fraction of sp³-hybridized carbons (Fsp3) is 0.381. The maximum atomic E-state index is 9.08. The number of piperazine rings is 1. The highest BCUT2D eigenvalue weighted by atomic mass is 15.4. The van der Waals surface area contributed by atoms with E-state index in [4.69, 9.17) is 10.4 Å². The summed E-state index contributed by atoms with van der Waals surface area (Å²) in [6.07, 6.45) is 0. The predicted molar refractivity (Wildman–Crippen MR) is 106 cm³/mol. The summed E-state index contributed by atoms with van der Waals surface area (Å²) in [5.74, 6) is 1.12. The Morgan fingerprint density at radius 3 is 2.59 bits per heavy atom. The highest BCUT2D eigenvalue weighted by Crippen LogP contribution is 2.23. The van der Waals surface area contributed by atoms with E-state index in [1.165, 1.54) is 5.56 Å². The summed E-state index contributed by atoms with van der Waals surface area (Å²) in [7, 11) is 0. The van der Waals surface area contributed by atoms with E-state index < -0.39 is 0 Å². The average molecular weight is 360 g/mol. The first-order chi connectivity index (χ1) is 13.0. The van der Waals surface area contributed by atoms with Crippen LogP contribution in [0.2, 0.25) is 0 Å². The third-order valence-electron chi connectivity index (χ3n) is 5.32. The van der Waals surface area contributed by atoms with Crippen molar-refractivity contribution in [1.82, 2.24) is 19.5 Å². The van der Waals surface area contributed by atoms with Crippen LogP contribution < -0.4 is 4.90 Å². The van der Waals surface area contributed by atoms with Gasteiger partial charge in [0.2, 0.25) is 0 Å². The van der Waals surface area contributed by atoms with Gasteiger partial charge in [-0.3, -0.25) is 4.90 Å². The zero-order valence-electron chi connectivity index (χ0n) is 16.1. The minimum absolute atomic E-state index is 0.727. The van der Waals surface area contributed by atoms with Gasteiger partial charge in [-0.2, -0.15) is 14.9 Å². The van der Waals surface area contributed by atoms with E-state index in [1.807, 2.05) is 36.6 Å². The second kappa shape index (κ2) is 7.01. The third-order valence-corrected chi connectivity index (χ3v) is 5.32. The highest BCUT2D eigenvalue weighted by Gasteiger charge is 2.21. The summed E-state index contributed by atoms with van der Waals surface area (Å²) in [6.45, 7) is 10.9. The Morgan fingerprint density at radius 1 is 1.07 bits per heavy atom. The summed E-state index contributed by atoms with van der Waals surface area (Å²) in [5, 5.41) is 13.8. The topological polar surface area (TPSA) is 60.5 Å². The third kappa shape index (κ3) is 3.38. The first-order valence-electron chi connectivity index (χ1n) is 9.35. The number of aromatic nitrogens is 3. The molecule has 3 aromatic rings. The van der Waals surface area contributed by atoms with Crippen LogP contribution >= 0.6 is 0 Å². The lowest BCUT2D eigenvalue weighted by molar-refractivity contribution is 0.249. The van der Waals surface area contributed by atoms with Crippen LogP contribution in [-0.2, 0) is 6.54 Å². The summed E-state index contributed by atoms with van der Waals surface area (Å²) < 4.78 is 1.99. The zero-order valence-corrected chi connectivity index (χ0v) is 16.1. The number of nitriles is 1. The van der Waals surface area contributed by atoms with Crippen LogP contribution in [-0.4, -0.2) is 45.7 Å². The number of benzene rings is 1. The first kappa shape index (κ1) is 17.5. The minimum atomic E-state index is 0.727. The highest BCUT2D eigenvalue weighted by molar-refractivity contribution is 5.57. The zero-order chi connectivity index (χ0) is 19.0. The van der Waals surface area contributed by atoms with Gasteiger partial charge < -0.3 is 4.90 Å². The maximum Gasteiger partial charge on any atom is 0.160 e. The van der Waals surface area contributed by atoms with Crippen molar-refractivity contribution in [2.24, 2.45) is 0 Å². The molecule has 138 valence electrons. The molecule has 6 heteroatoms. The molecule has 0 radical (unpaired) electrons. The van der Waals surface area contributed by atoms with Crippen molar-refractivity contribution >= 4 is 11.5 Å². The van der Waals surface area contributed by atoms with Crippen LogP contribution in [0.5, 0.6) is 0 Å². The van der Waals surface area contributed by atoms with Crippen molar-refractivity contribution < 1.29 is 0 Å². The predicted octanol–water partition coefficient (Wildman–Crippen LogP) is 2.85. The van der Waals surface area contributed by atoms with Crippen LogP contribution in [0.3, 0.4) is 0 Å². The minimum Gasteiger partial charge on any atom is -0.354 e. The van der Waals surface area contributed by atoms with Gasteiger partial charge in [0.1, 0.15) is 5.82 Å². The number of hydrogen-bond acceptors (Lipinski definition) is 5. The van der Waals surface area contributed by atoms with Crippen molar-refractivity contribution in [2.75, 3.05) is 31.1 Å². The molecule has 0 atom stereocenters. The Bertz CT molecular complexity index is 1020. The fourth-order valence-corrected chi connectivity index (χ4v) is 3.69. The Balaban J connectivity index is 1.50. The quantitative estimate of drug-likeness (QED) is 0.719. The standard InChI is InChI=1S/C21H24N6/c1-15-11-20(27-21(23-15)16(2)17(3)24-27)26-9-7-25(8-10-26)14-19-6-4-5-18(12-19)13-22/h4-6,11-12H,7-10,14H2,1-3H3. The molecule has 0 N–H and O–H groups in total. The molecule has 1 fully saturated rings. The lowest BCUT2D eigenvalue weighted by Crippen LogP contribution is -2.46. The SMILES string of the molecule is Cc1cc(N2CCN(Cc3cccc(C#N)c3)CC2)n2nc(C)c(C)c2n1. The average Bonchev–Trinajstić information content (AvgIpc) is 2.96. The Morgan fingerprint density at radius 2 is 1.85 bits per heavy atom. The van der Waals surface area contributed by atoms with E-state index in [0.29, 0.717) is 0 Å². The van der Waals surface area contributed by atoms with Gasteiger partial charge in [0.05, 0.1) is 17.3 Å². The molecule has 1 aromatic carbocycles. The van der Waals surface area contributed by atoms with Gasteiger partial charge in [0.15, 0.2) is 5.65 Å². The van der Waals surface area contributed by atoms with E-state index in [1.54, 1.807) is 0 Å². The summed E-state index contributed by atoms with van der Waals surface area (Å²) in [4.78, 5) is 9.52. The van der Waals surface area contributed by atoms with E-state index in [9.17, 15) is 0 Å². The molecule has 3 heterocycles. The number of anilines is 1. The number of fused-ring (bicyclic) bond motifs is 1. The van der Waals surface area contributed by atoms with E-state index in [2.05, 4.69) is 39.9 Å². The number of aryl methyl sites for hydroxylation is 3. The molecule has 6 nitrogen and oxygen atoms in total. The molecule has 1 aliphatic heterocycles. The normalized spacial score (nSPS) is 15.3. The molecule has 0 aliphatic carbocycles. The van der Waals surface area contributed by atoms with Crippen LogP contribution in [0.1, 0.15) is 28.1 Å². The monoisotopic (exact) mass is 360 g/mol. The first-order valence-corrected chi connectivity index (χ1v) is 9.35. The van der Waals surface area contributed by atoms with E-state index in [-0.39, 0.29) is 0 Å². The summed E-state index contributed by atoms with van der Waals surface area (Å²) >= 11 is 0. The molecular formula is C21H24N6. The van der Waals surface area contributed by atoms with Crippen LogP contribution in [0.25, 0.3) is 5.65 Å². The van der Waals surface area contributed by atoms with Gasteiger partial charge in [-0.15, -0.1) is 0 Å². The Kier molecular flexibility index (Phi) is 4.54.